The van der Waals surface area contributed by atoms with E-state index in [9.17, 15) is 0 Å². The van der Waals surface area contributed by atoms with Crippen LogP contribution in [0.4, 0.5) is 0 Å². The van der Waals surface area contributed by atoms with Crippen molar-refractivity contribution < 1.29 is 0 Å². The Morgan fingerprint density at radius 3 is 2.70 bits per heavy atom. The van der Waals surface area contributed by atoms with Gasteiger partial charge in [0.2, 0.25) is 0 Å². The van der Waals surface area contributed by atoms with Gasteiger partial charge < -0.3 is 5.73 Å². The van der Waals surface area contributed by atoms with E-state index in [4.69, 9.17) is 28.9 Å². The molecule has 2 N–H and O–H groups in total. The summed E-state index contributed by atoms with van der Waals surface area (Å²) in [5, 5.41) is 1.27. The van der Waals surface area contributed by atoms with Gasteiger partial charge in [-0.2, -0.15) is 0 Å². The van der Waals surface area contributed by atoms with E-state index >= 15 is 0 Å². The molecule has 4 atom stereocenters. The minimum atomic E-state index is 0.377. The highest BCUT2D eigenvalue weighted by Gasteiger charge is 2.40. The van der Waals surface area contributed by atoms with E-state index in [1.165, 1.54) is 31.4 Å². The lowest BCUT2D eigenvalue weighted by molar-refractivity contribution is 0.245. The zero-order valence-corrected chi connectivity index (χ0v) is 13.4. The lowest BCUT2D eigenvalue weighted by Gasteiger charge is -2.30. The SMILES string of the molecule is CC(c1ccc(Cl)c(Cl)c1)N1CC2CCCC(N)C2C1. The van der Waals surface area contributed by atoms with E-state index in [0.717, 1.165) is 12.5 Å². The van der Waals surface area contributed by atoms with Gasteiger partial charge in [-0.25, -0.2) is 0 Å². The molecule has 1 aromatic carbocycles. The first-order valence-electron chi connectivity index (χ1n) is 7.51. The molecule has 2 aliphatic rings. The van der Waals surface area contributed by atoms with Crippen LogP contribution in [-0.2, 0) is 0 Å². The van der Waals surface area contributed by atoms with Gasteiger partial charge in [-0.05, 0) is 49.3 Å². The van der Waals surface area contributed by atoms with Crippen LogP contribution in [0.2, 0.25) is 10.0 Å². The molecule has 4 heteroatoms. The molecule has 1 aliphatic carbocycles. The number of benzene rings is 1. The highest BCUT2D eigenvalue weighted by atomic mass is 35.5. The minimum absolute atomic E-state index is 0.377. The number of hydrogen-bond acceptors (Lipinski definition) is 2. The number of nitrogens with zero attached hydrogens (tertiary/aromatic N) is 1. The second-order valence-corrected chi connectivity index (χ2v) is 7.14. The molecule has 0 amide bonds. The number of fused-ring (bicyclic) bond motifs is 1. The third-order valence-corrected chi connectivity index (χ3v) is 5.89. The summed E-state index contributed by atoms with van der Waals surface area (Å²) in [7, 11) is 0. The van der Waals surface area contributed by atoms with Crippen molar-refractivity contribution in [2.45, 2.75) is 38.3 Å². The third-order valence-electron chi connectivity index (χ3n) is 5.16. The van der Waals surface area contributed by atoms with Crippen LogP contribution in [0.3, 0.4) is 0 Å². The van der Waals surface area contributed by atoms with E-state index in [1.54, 1.807) is 0 Å². The topological polar surface area (TPSA) is 29.3 Å². The first-order chi connectivity index (χ1) is 9.56. The Morgan fingerprint density at radius 2 is 2.00 bits per heavy atom. The maximum atomic E-state index is 6.30. The summed E-state index contributed by atoms with van der Waals surface area (Å²) in [6.45, 7) is 4.54. The predicted molar refractivity (Wildman–Crippen MR) is 85.3 cm³/mol. The van der Waals surface area contributed by atoms with Crippen molar-refractivity contribution in [3.05, 3.63) is 33.8 Å². The molecule has 0 aromatic heterocycles. The van der Waals surface area contributed by atoms with E-state index in [0.29, 0.717) is 28.0 Å². The summed E-state index contributed by atoms with van der Waals surface area (Å²) in [6.07, 6.45) is 3.82. The maximum absolute atomic E-state index is 6.30. The molecule has 1 saturated carbocycles. The number of rotatable bonds is 2. The number of halogens is 2. The quantitative estimate of drug-likeness (QED) is 0.890. The molecule has 4 unspecified atom stereocenters. The van der Waals surface area contributed by atoms with Gasteiger partial charge in [0.1, 0.15) is 0 Å². The van der Waals surface area contributed by atoms with Crippen molar-refractivity contribution in [2.75, 3.05) is 13.1 Å². The van der Waals surface area contributed by atoms with Gasteiger partial charge in [0.05, 0.1) is 10.0 Å². The molecule has 0 spiro atoms. The molecule has 2 fully saturated rings. The average molecular weight is 313 g/mol. The molecule has 20 heavy (non-hydrogen) atoms. The van der Waals surface area contributed by atoms with Crippen molar-refractivity contribution in [3.8, 4) is 0 Å². The van der Waals surface area contributed by atoms with Crippen molar-refractivity contribution in [1.82, 2.24) is 4.90 Å². The first-order valence-corrected chi connectivity index (χ1v) is 8.26. The lowest BCUT2D eigenvalue weighted by atomic mass is 9.78. The van der Waals surface area contributed by atoms with E-state index in [2.05, 4.69) is 17.9 Å². The number of hydrogen-bond donors (Lipinski definition) is 1. The Labute approximate surface area is 131 Å². The second kappa shape index (κ2) is 5.84. The molecule has 110 valence electrons. The summed E-state index contributed by atoms with van der Waals surface area (Å²) in [4.78, 5) is 2.56. The molecule has 2 nitrogen and oxygen atoms in total. The monoisotopic (exact) mass is 312 g/mol. The van der Waals surface area contributed by atoms with Crippen LogP contribution in [0.25, 0.3) is 0 Å². The van der Waals surface area contributed by atoms with Crippen molar-refractivity contribution in [3.63, 3.8) is 0 Å². The Bertz CT molecular complexity index is 491. The zero-order valence-electron chi connectivity index (χ0n) is 11.9. The summed E-state index contributed by atoms with van der Waals surface area (Å²) >= 11 is 12.1. The van der Waals surface area contributed by atoms with E-state index in [1.807, 2.05) is 12.1 Å². The van der Waals surface area contributed by atoms with Crippen LogP contribution < -0.4 is 5.73 Å². The Hall–Kier alpha value is -0.280. The largest absolute Gasteiger partial charge is 0.327 e. The van der Waals surface area contributed by atoms with Crippen LogP contribution in [0.15, 0.2) is 18.2 Å². The Balaban J connectivity index is 1.74. The smallest absolute Gasteiger partial charge is 0.0595 e. The van der Waals surface area contributed by atoms with Gasteiger partial charge in [0.25, 0.3) is 0 Å². The third kappa shape index (κ3) is 2.71. The molecule has 0 radical (unpaired) electrons. The van der Waals surface area contributed by atoms with Gasteiger partial charge >= 0.3 is 0 Å². The lowest BCUT2D eigenvalue weighted by Crippen LogP contribution is -2.38. The molecular weight excluding hydrogens is 291 g/mol. The predicted octanol–water partition coefficient (Wildman–Crippen LogP) is 4.11. The van der Waals surface area contributed by atoms with Gasteiger partial charge in [-0.15, -0.1) is 0 Å². The highest BCUT2D eigenvalue weighted by molar-refractivity contribution is 6.42. The molecule has 1 aromatic rings. The number of likely N-dealkylation sites (tertiary alicyclic amines) is 1. The molecule has 1 aliphatic heterocycles. The fraction of sp³-hybridized carbons (Fsp3) is 0.625. The van der Waals surface area contributed by atoms with Gasteiger partial charge in [0, 0.05) is 25.2 Å². The van der Waals surface area contributed by atoms with Crippen molar-refractivity contribution in [2.24, 2.45) is 17.6 Å². The molecule has 3 rings (SSSR count). The normalized spacial score (nSPS) is 32.1. The molecule has 0 bridgehead atoms. The summed E-state index contributed by atoms with van der Waals surface area (Å²) < 4.78 is 0. The Morgan fingerprint density at radius 1 is 1.20 bits per heavy atom. The van der Waals surface area contributed by atoms with Crippen LogP contribution in [0.5, 0.6) is 0 Å². The summed E-state index contributed by atoms with van der Waals surface area (Å²) in [6, 6.07) is 6.74. The molecule has 1 heterocycles. The van der Waals surface area contributed by atoms with Crippen molar-refractivity contribution in [1.29, 1.82) is 0 Å². The van der Waals surface area contributed by atoms with E-state index in [-0.39, 0.29) is 0 Å². The fourth-order valence-corrected chi connectivity index (χ4v) is 4.16. The van der Waals surface area contributed by atoms with Crippen LogP contribution in [0, 0.1) is 11.8 Å². The van der Waals surface area contributed by atoms with Gasteiger partial charge in [-0.3, -0.25) is 4.90 Å². The molecule has 1 saturated heterocycles. The van der Waals surface area contributed by atoms with Crippen molar-refractivity contribution >= 4 is 23.2 Å². The van der Waals surface area contributed by atoms with Crippen LogP contribution >= 0.6 is 23.2 Å². The van der Waals surface area contributed by atoms with E-state index < -0.39 is 0 Å². The standard InChI is InChI=1S/C16H22Cl2N2/c1-10(11-5-6-14(17)15(18)7-11)20-8-12-3-2-4-16(19)13(12)9-20/h5-7,10,12-13,16H,2-4,8-9,19H2,1H3. The number of nitrogens with two attached hydrogens (primary N) is 1. The fourth-order valence-electron chi connectivity index (χ4n) is 3.85. The first kappa shape index (κ1) is 14.6. The zero-order chi connectivity index (χ0) is 14.3. The van der Waals surface area contributed by atoms with Crippen LogP contribution in [-0.4, -0.2) is 24.0 Å². The maximum Gasteiger partial charge on any atom is 0.0595 e. The minimum Gasteiger partial charge on any atom is -0.327 e. The van der Waals surface area contributed by atoms with Crippen LogP contribution in [0.1, 0.15) is 37.8 Å². The van der Waals surface area contributed by atoms with Gasteiger partial charge in [0.15, 0.2) is 0 Å². The highest BCUT2D eigenvalue weighted by Crippen LogP contribution is 2.39. The molecular formula is C16H22Cl2N2. The summed E-state index contributed by atoms with van der Waals surface area (Å²) in [5.74, 6) is 1.46. The Kier molecular flexibility index (Phi) is 4.28. The van der Waals surface area contributed by atoms with Gasteiger partial charge in [-0.1, -0.05) is 35.7 Å². The summed E-state index contributed by atoms with van der Waals surface area (Å²) in [5.41, 5.74) is 7.54. The second-order valence-electron chi connectivity index (χ2n) is 6.32. The average Bonchev–Trinajstić information content (AvgIpc) is 2.86.